The minimum atomic E-state index is -0.257. The fourth-order valence-corrected chi connectivity index (χ4v) is 3.23. The molecule has 0 radical (unpaired) electrons. The maximum absolute atomic E-state index is 12.4. The number of rotatable bonds is 3. The Hall–Kier alpha value is -2.47. The molecular weight excluding hydrogens is 326 g/mol. The highest BCUT2D eigenvalue weighted by Crippen LogP contribution is 2.31. The highest BCUT2D eigenvalue weighted by Gasteiger charge is 2.20. The van der Waals surface area contributed by atoms with Crippen LogP contribution in [0.25, 0.3) is 11.0 Å². The Bertz CT molecular complexity index is 884. The van der Waals surface area contributed by atoms with Crippen LogP contribution in [0, 0.1) is 0 Å². The normalized spacial score (nSPS) is 15.0. The number of nitrogens with zero attached hydrogens (tertiary/aromatic N) is 4. The Balaban J connectivity index is 1.58. The van der Waals surface area contributed by atoms with Crippen LogP contribution in [0.15, 0.2) is 36.8 Å². The van der Waals surface area contributed by atoms with E-state index in [0.717, 1.165) is 23.9 Å². The molecule has 6 nitrogen and oxygen atoms in total. The lowest BCUT2D eigenvalue weighted by molar-refractivity contribution is 0.102. The molecule has 7 heteroatoms. The zero-order valence-electron chi connectivity index (χ0n) is 12.9. The summed E-state index contributed by atoms with van der Waals surface area (Å²) >= 11 is 5.79. The monoisotopic (exact) mass is 341 g/mol. The van der Waals surface area contributed by atoms with E-state index in [-0.39, 0.29) is 5.91 Å². The predicted octanol–water partition coefficient (Wildman–Crippen LogP) is 3.85. The van der Waals surface area contributed by atoms with Crippen molar-refractivity contribution in [3.8, 4) is 0 Å². The first kappa shape index (κ1) is 15.1. The van der Waals surface area contributed by atoms with Crippen LogP contribution in [-0.4, -0.2) is 25.7 Å². The van der Waals surface area contributed by atoms with Crippen molar-refractivity contribution in [1.82, 2.24) is 19.7 Å². The van der Waals surface area contributed by atoms with Crippen molar-refractivity contribution >= 4 is 34.4 Å². The van der Waals surface area contributed by atoms with Gasteiger partial charge in [0, 0.05) is 17.8 Å². The Kier molecular flexibility index (Phi) is 3.90. The fraction of sp³-hybridized carbons (Fsp3) is 0.294. The summed E-state index contributed by atoms with van der Waals surface area (Å²) in [5.74, 6) is 0.194. The highest BCUT2D eigenvalue weighted by molar-refractivity contribution is 6.30. The maximum atomic E-state index is 12.4. The van der Waals surface area contributed by atoms with Crippen LogP contribution in [0.1, 0.15) is 42.1 Å². The van der Waals surface area contributed by atoms with Gasteiger partial charge in [-0.05, 0) is 31.0 Å². The number of aromatic nitrogens is 4. The molecule has 1 aliphatic rings. The Morgan fingerprint density at radius 2 is 2.00 bits per heavy atom. The number of carbonyl (C=O) groups excluding carboxylic acids is 1. The van der Waals surface area contributed by atoms with Gasteiger partial charge in [-0.15, -0.1) is 0 Å². The van der Waals surface area contributed by atoms with Gasteiger partial charge in [-0.1, -0.05) is 24.4 Å². The second-order valence-corrected chi connectivity index (χ2v) is 6.42. The quantitative estimate of drug-likeness (QED) is 0.785. The second-order valence-electron chi connectivity index (χ2n) is 5.98. The number of hydrogen-bond donors (Lipinski definition) is 1. The minimum absolute atomic E-state index is 0.257. The fourth-order valence-electron chi connectivity index (χ4n) is 3.12. The molecule has 4 rings (SSSR count). The molecule has 1 fully saturated rings. The molecule has 24 heavy (non-hydrogen) atoms. The van der Waals surface area contributed by atoms with E-state index in [0.29, 0.717) is 22.4 Å². The Morgan fingerprint density at radius 3 is 2.75 bits per heavy atom. The molecule has 1 amide bonds. The third kappa shape index (κ3) is 2.85. The van der Waals surface area contributed by atoms with Crippen molar-refractivity contribution in [3.63, 3.8) is 0 Å². The molecule has 0 saturated heterocycles. The van der Waals surface area contributed by atoms with Gasteiger partial charge in [-0.2, -0.15) is 5.10 Å². The van der Waals surface area contributed by atoms with Gasteiger partial charge in [0.15, 0.2) is 5.65 Å². The van der Waals surface area contributed by atoms with Crippen molar-refractivity contribution in [2.45, 2.75) is 31.7 Å². The zero-order valence-corrected chi connectivity index (χ0v) is 13.7. The van der Waals surface area contributed by atoms with E-state index in [9.17, 15) is 4.79 Å². The van der Waals surface area contributed by atoms with Crippen LogP contribution < -0.4 is 5.32 Å². The summed E-state index contributed by atoms with van der Waals surface area (Å²) in [6.07, 6.45) is 9.61. The summed E-state index contributed by atoms with van der Waals surface area (Å²) in [7, 11) is 0. The zero-order chi connectivity index (χ0) is 16.5. The van der Waals surface area contributed by atoms with E-state index in [1.165, 1.54) is 19.0 Å². The maximum Gasteiger partial charge on any atom is 0.258 e. The second kappa shape index (κ2) is 6.20. The van der Waals surface area contributed by atoms with Gasteiger partial charge in [0.25, 0.3) is 5.91 Å². The molecule has 1 N–H and O–H groups in total. The average molecular weight is 342 g/mol. The lowest BCUT2D eigenvalue weighted by Gasteiger charge is -2.10. The van der Waals surface area contributed by atoms with Crippen molar-refractivity contribution in [3.05, 3.63) is 47.4 Å². The third-order valence-electron chi connectivity index (χ3n) is 4.34. The lowest BCUT2D eigenvalue weighted by atomic mass is 10.2. The number of hydrogen-bond acceptors (Lipinski definition) is 4. The summed E-state index contributed by atoms with van der Waals surface area (Å²) in [4.78, 5) is 20.9. The van der Waals surface area contributed by atoms with Gasteiger partial charge in [-0.3, -0.25) is 4.79 Å². The summed E-state index contributed by atoms with van der Waals surface area (Å²) in [5, 5.41) is 8.60. The minimum Gasteiger partial charge on any atom is -0.307 e. The molecule has 3 aromatic heterocycles. The Labute approximate surface area is 143 Å². The van der Waals surface area contributed by atoms with Gasteiger partial charge >= 0.3 is 0 Å². The molecule has 0 bridgehead atoms. The first-order chi connectivity index (χ1) is 11.7. The van der Waals surface area contributed by atoms with E-state index >= 15 is 0 Å². The molecule has 0 unspecified atom stereocenters. The number of fused-ring (bicyclic) bond motifs is 1. The van der Waals surface area contributed by atoms with E-state index in [1.54, 1.807) is 24.5 Å². The summed E-state index contributed by atoms with van der Waals surface area (Å²) < 4.78 is 1.99. The van der Waals surface area contributed by atoms with Crippen LogP contribution in [0.3, 0.4) is 0 Å². The first-order valence-corrected chi connectivity index (χ1v) is 8.35. The number of nitrogens with one attached hydrogen (secondary N) is 1. The molecule has 122 valence electrons. The van der Waals surface area contributed by atoms with Crippen LogP contribution in [0.5, 0.6) is 0 Å². The number of halogens is 1. The standard InChI is InChI=1S/C17H16ClN5O/c18-13-5-6-15(19-10-13)22-17(24)12-7-11-9-21-23(16(11)20-8-12)14-3-1-2-4-14/h5-10,14H,1-4H2,(H,19,22,24). The molecule has 1 aliphatic carbocycles. The lowest BCUT2D eigenvalue weighted by Crippen LogP contribution is -2.13. The van der Waals surface area contributed by atoms with Gasteiger partial charge < -0.3 is 5.32 Å². The number of amides is 1. The molecule has 3 heterocycles. The largest absolute Gasteiger partial charge is 0.307 e. The van der Waals surface area contributed by atoms with Crippen LogP contribution in [-0.2, 0) is 0 Å². The molecule has 0 aromatic carbocycles. The van der Waals surface area contributed by atoms with Crippen molar-refractivity contribution < 1.29 is 4.79 Å². The molecule has 0 aliphatic heterocycles. The number of pyridine rings is 2. The molecule has 1 saturated carbocycles. The van der Waals surface area contributed by atoms with Gasteiger partial charge in [0.1, 0.15) is 5.82 Å². The first-order valence-electron chi connectivity index (χ1n) is 7.97. The molecular formula is C17H16ClN5O. The van der Waals surface area contributed by atoms with E-state index in [2.05, 4.69) is 20.4 Å². The smallest absolute Gasteiger partial charge is 0.258 e. The Morgan fingerprint density at radius 1 is 1.17 bits per heavy atom. The summed E-state index contributed by atoms with van der Waals surface area (Å²) in [5.41, 5.74) is 1.31. The van der Waals surface area contributed by atoms with Crippen LogP contribution >= 0.6 is 11.6 Å². The van der Waals surface area contributed by atoms with Gasteiger partial charge in [0.05, 0.1) is 22.8 Å². The summed E-state index contributed by atoms with van der Waals surface area (Å²) in [6, 6.07) is 5.57. The van der Waals surface area contributed by atoms with E-state index in [1.807, 2.05) is 10.7 Å². The molecule has 0 atom stereocenters. The predicted molar refractivity (Wildman–Crippen MR) is 92.2 cm³/mol. The third-order valence-corrected chi connectivity index (χ3v) is 4.56. The van der Waals surface area contributed by atoms with Crippen molar-refractivity contribution in [2.75, 3.05) is 5.32 Å². The van der Waals surface area contributed by atoms with E-state index < -0.39 is 0 Å². The number of anilines is 1. The molecule has 3 aromatic rings. The average Bonchev–Trinajstić information content (AvgIpc) is 3.25. The van der Waals surface area contributed by atoms with E-state index in [4.69, 9.17) is 11.6 Å². The van der Waals surface area contributed by atoms with Crippen LogP contribution in [0.4, 0.5) is 5.82 Å². The summed E-state index contributed by atoms with van der Waals surface area (Å²) in [6.45, 7) is 0. The van der Waals surface area contributed by atoms with Crippen molar-refractivity contribution in [2.24, 2.45) is 0 Å². The number of carbonyl (C=O) groups is 1. The van der Waals surface area contributed by atoms with Gasteiger partial charge in [0.2, 0.25) is 0 Å². The van der Waals surface area contributed by atoms with Crippen molar-refractivity contribution in [1.29, 1.82) is 0 Å². The highest BCUT2D eigenvalue weighted by atomic mass is 35.5. The molecule has 0 spiro atoms. The topological polar surface area (TPSA) is 72.7 Å². The SMILES string of the molecule is O=C(Nc1ccc(Cl)cn1)c1cnc2c(cnn2C2CCCC2)c1. The van der Waals surface area contributed by atoms with Crippen LogP contribution in [0.2, 0.25) is 5.02 Å². The van der Waals surface area contributed by atoms with Gasteiger partial charge in [-0.25, -0.2) is 14.6 Å².